The smallest absolute Gasteiger partial charge is 0.241 e. The van der Waals surface area contributed by atoms with E-state index in [1.807, 2.05) is 24.3 Å². The van der Waals surface area contributed by atoms with Gasteiger partial charge in [0.25, 0.3) is 0 Å². The molecule has 1 aliphatic rings. The second-order valence-electron chi connectivity index (χ2n) is 8.01. The number of carbonyl (C=O) groups excluding carboxylic acids is 1. The van der Waals surface area contributed by atoms with Crippen molar-refractivity contribution in [2.24, 2.45) is 4.99 Å². The minimum absolute atomic E-state index is 0. The summed E-state index contributed by atoms with van der Waals surface area (Å²) in [4.78, 5) is 20.5. The van der Waals surface area contributed by atoms with Crippen molar-refractivity contribution >= 4 is 35.8 Å². The van der Waals surface area contributed by atoms with Crippen LogP contribution in [0.3, 0.4) is 0 Å². The molecule has 1 fully saturated rings. The topological polar surface area (TPSA) is 93.3 Å². The number of aliphatic imine (C=N–C) groups is 1. The van der Waals surface area contributed by atoms with Gasteiger partial charge in [0.15, 0.2) is 5.96 Å². The van der Waals surface area contributed by atoms with Crippen molar-refractivity contribution in [3.8, 4) is 0 Å². The number of aliphatic hydroxyl groups excluding tert-OH is 1. The largest absolute Gasteiger partial charge is 0.469 e. The van der Waals surface area contributed by atoms with Gasteiger partial charge < -0.3 is 25.1 Å². The third kappa shape index (κ3) is 8.44. The van der Waals surface area contributed by atoms with Crippen LogP contribution in [-0.2, 0) is 24.3 Å². The monoisotopic (exact) mass is 555 g/mol. The molecule has 1 aliphatic heterocycles. The highest BCUT2D eigenvalue weighted by Gasteiger charge is 2.20. The zero-order chi connectivity index (χ0) is 22.1. The molecule has 1 unspecified atom stereocenters. The minimum atomic E-state index is -0.228. The first kappa shape index (κ1) is 26.1. The maximum absolute atomic E-state index is 12.0. The van der Waals surface area contributed by atoms with Gasteiger partial charge in [0.05, 0.1) is 25.5 Å². The number of halogens is 1. The van der Waals surface area contributed by atoms with Gasteiger partial charge in [0.2, 0.25) is 5.91 Å². The summed E-state index contributed by atoms with van der Waals surface area (Å²) >= 11 is 0. The van der Waals surface area contributed by atoms with Crippen molar-refractivity contribution in [3.05, 3.63) is 59.5 Å². The van der Waals surface area contributed by atoms with E-state index in [0.29, 0.717) is 25.6 Å². The lowest BCUT2D eigenvalue weighted by Crippen LogP contribution is -2.43. The number of hydrogen-bond acceptors (Lipinski definition) is 5. The zero-order valence-electron chi connectivity index (χ0n) is 18.8. The fourth-order valence-electron chi connectivity index (χ4n) is 3.48. The number of aliphatic hydroxyl groups is 1. The Hall–Kier alpha value is -2.11. The van der Waals surface area contributed by atoms with Gasteiger partial charge in [-0.1, -0.05) is 24.3 Å². The lowest BCUT2D eigenvalue weighted by atomic mass is 10.1. The second-order valence-corrected chi connectivity index (χ2v) is 8.01. The fraction of sp³-hybridized carbons (Fsp3) is 0.478. The SMILES string of the molecule is CN(C)C(=O)CNC(=NCc1ccccc1CN1CCC(O)C1)NCCc1ccco1.I. The predicted molar refractivity (Wildman–Crippen MR) is 136 cm³/mol. The molecular formula is C23H34IN5O3. The average Bonchev–Trinajstić information content (AvgIpc) is 3.42. The molecule has 32 heavy (non-hydrogen) atoms. The lowest BCUT2D eigenvalue weighted by Gasteiger charge is -2.18. The van der Waals surface area contributed by atoms with Crippen molar-refractivity contribution in [2.75, 3.05) is 40.3 Å². The summed E-state index contributed by atoms with van der Waals surface area (Å²) in [7, 11) is 3.47. The molecule has 0 radical (unpaired) electrons. The van der Waals surface area contributed by atoms with Crippen molar-refractivity contribution in [1.82, 2.24) is 20.4 Å². The number of furan rings is 1. The molecule has 2 heterocycles. The molecule has 176 valence electrons. The molecular weight excluding hydrogens is 521 g/mol. The van der Waals surface area contributed by atoms with Gasteiger partial charge in [-0.3, -0.25) is 9.69 Å². The maximum atomic E-state index is 12.0. The Morgan fingerprint density at radius 2 is 2.00 bits per heavy atom. The van der Waals surface area contributed by atoms with Gasteiger partial charge in [-0.05, 0) is 29.7 Å². The van der Waals surface area contributed by atoms with Crippen LogP contribution in [0.1, 0.15) is 23.3 Å². The van der Waals surface area contributed by atoms with Gasteiger partial charge in [-0.15, -0.1) is 24.0 Å². The van der Waals surface area contributed by atoms with Crippen LogP contribution in [0.25, 0.3) is 0 Å². The molecule has 1 aromatic carbocycles. The van der Waals surface area contributed by atoms with Crippen LogP contribution < -0.4 is 10.6 Å². The summed E-state index contributed by atoms with van der Waals surface area (Å²) in [6.07, 6.45) is 2.99. The first-order valence-corrected chi connectivity index (χ1v) is 10.7. The Morgan fingerprint density at radius 1 is 1.22 bits per heavy atom. The van der Waals surface area contributed by atoms with E-state index in [1.54, 1.807) is 25.3 Å². The van der Waals surface area contributed by atoms with E-state index >= 15 is 0 Å². The van der Waals surface area contributed by atoms with E-state index in [1.165, 1.54) is 5.56 Å². The predicted octanol–water partition coefficient (Wildman–Crippen LogP) is 1.83. The molecule has 2 aromatic rings. The van der Waals surface area contributed by atoms with E-state index in [9.17, 15) is 9.90 Å². The van der Waals surface area contributed by atoms with Gasteiger partial charge in [-0.25, -0.2) is 4.99 Å². The van der Waals surface area contributed by atoms with Crippen LogP contribution in [0.15, 0.2) is 52.1 Å². The van der Waals surface area contributed by atoms with Crippen LogP contribution in [-0.4, -0.2) is 73.2 Å². The third-order valence-corrected chi connectivity index (χ3v) is 5.32. The van der Waals surface area contributed by atoms with Crippen LogP contribution in [0, 0.1) is 0 Å². The van der Waals surface area contributed by atoms with Crippen LogP contribution in [0.4, 0.5) is 0 Å². The number of likely N-dealkylation sites (N-methyl/N-ethyl adjacent to an activating group) is 1. The summed E-state index contributed by atoms with van der Waals surface area (Å²) in [5.74, 6) is 1.47. The number of nitrogens with zero attached hydrogens (tertiary/aromatic N) is 3. The van der Waals surface area contributed by atoms with Gasteiger partial charge >= 0.3 is 0 Å². The van der Waals surface area contributed by atoms with Crippen LogP contribution in [0.5, 0.6) is 0 Å². The summed E-state index contributed by atoms with van der Waals surface area (Å²) in [6.45, 7) is 3.74. The number of benzene rings is 1. The van der Waals surface area contributed by atoms with E-state index in [0.717, 1.165) is 37.3 Å². The molecule has 1 amide bonds. The Balaban J connectivity index is 0.00000363. The van der Waals surface area contributed by atoms with Crippen molar-refractivity contribution in [2.45, 2.75) is 32.0 Å². The maximum Gasteiger partial charge on any atom is 0.241 e. The molecule has 3 rings (SSSR count). The molecule has 1 aromatic heterocycles. The molecule has 0 bridgehead atoms. The summed E-state index contributed by atoms with van der Waals surface area (Å²) < 4.78 is 5.38. The zero-order valence-corrected chi connectivity index (χ0v) is 21.1. The van der Waals surface area contributed by atoms with Crippen molar-refractivity contribution < 1.29 is 14.3 Å². The summed E-state index contributed by atoms with van der Waals surface area (Å²) in [6, 6.07) is 12.0. The van der Waals surface area contributed by atoms with E-state index < -0.39 is 0 Å². The van der Waals surface area contributed by atoms with Crippen molar-refractivity contribution in [1.29, 1.82) is 0 Å². The number of rotatable bonds is 9. The molecule has 8 nitrogen and oxygen atoms in total. The molecule has 0 aliphatic carbocycles. The Labute approximate surface area is 207 Å². The lowest BCUT2D eigenvalue weighted by molar-refractivity contribution is -0.127. The summed E-state index contributed by atoms with van der Waals surface area (Å²) in [5.41, 5.74) is 2.34. The molecule has 0 saturated carbocycles. The third-order valence-electron chi connectivity index (χ3n) is 5.32. The quantitative estimate of drug-likeness (QED) is 0.249. The highest BCUT2D eigenvalue weighted by molar-refractivity contribution is 14.0. The Bertz CT molecular complexity index is 857. The number of amides is 1. The van der Waals surface area contributed by atoms with Crippen LogP contribution in [0.2, 0.25) is 0 Å². The highest BCUT2D eigenvalue weighted by atomic mass is 127. The first-order chi connectivity index (χ1) is 15.0. The number of guanidine groups is 1. The van der Waals surface area contributed by atoms with E-state index in [-0.39, 0.29) is 42.5 Å². The number of nitrogens with one attached hydrogen (secondary N) is 2. The molecule has 0 spiro atoms. The molecule has 3 N–H and O–H groups in total. The van der Waals surface area contributed by atoms with Gasteiger partial charge in [0, 0.05) is 46.7 Å². The second kappa shape index (κ2) is 13.4. The molecule has 9 heteroatoms. The normalized spacial score (nSPS) is 16.5. The van der Waals surface area contributed by atoms with E-state index in [4.69, 9.17) is 9.41 Å². The van der Waals surface area contributed by atoms with Crippen LogP contribution >= 0.6 is 24.0 Å². The Morgan fingerprint density at radius 3 is 2.66 bits per heavy atom. The molecule has 1 saturated heterocycles. The minimum Gasteiger partial charge on any atom is -0.469 e. The fourth-order valence-corrected chi connectivity index (χ4v) is 3.48. The van der Waals surface area contributed by atoms with Gasteiger partial charge in [-0.2, -0.15) is 0 Å². The number of hydrogen-bond donors (Lipinski definition) is 3. The Kier molecular flexibility index (Phi) is 11.0. The standard InChI is InChI=1S/C23H33N5O3.HI/c1-27(2)22(30)15-26-23(24-11-9-21-8-5-13-31-21)25-14-18-6-3-4-7-19(18)16-28-12-10-20(29)17-28;/h3-8,13,20,29H,9-12,14-17H2,1-2H3,(H2,24,25,26);1H. The summed E-state index contributed by atoms with van der Waals surface area (Å²) in [5, 5.41) is 16.2. The highest BCUT2D eigenvalue weighted by Crippen LogP contribution is 2.17. The molecule has 1 atom stereocenters. The van der Waals surface area contributed by atoms with Gasteiger partial charge in [0.1, 0.15) is 5.76 Å². The number of likely N-dealkylation sites (tertiary alicyclic amines) is 1. The average molecular weight is 555 g/mol. The van der Waals surface area contributed by atoms with E-state index in [2.05, 4.69) is 27.7 Å². The first-order valence-electron chi connectivity index (χ1n) is 10.7. The number of carbonyl (C=O) groups is 1. The number of β-amino-alcohol motifs (C(OH)–C–C–N with tert-alkyl or cyclic N) is 1. The van der Waals surface area contributed by atoms with Crippen molar-refractivity contribution in [3.63, 3.8) is 0 Å².